The molecule has 2 unspecified atom stereocenters. The summed E-state index contributed by atoms with van der Waals surface area (Å²) in [5.74, 6) is 0.695. The van der Waals surface area contributed by atoms with Gasteiger partial charge in [-0.3, -0.25) is 0 Å². The molecule has 0 aromatic heterocycles. The van der Waals surface area contributed by atoms with Crippen molar-refractivity contribution >= 4 is 53.3 Å². The molecule has 2 atom stereocenters. The highest BCUT2D eigenvalue weighted by molar-refractivity contribution is 9.11. The molecule has 1 aliphatic heterocycles. The number of hydrogen-bond acceptors (Lipinski definition) is 2. The second-order valence-electron chi connectivity index (χ2n) is 4.23. The average molecular weight is 403 g/mol. The Labute approximate surface area is 123 Å². The van der Waals surface area contributed by atoms with Gasteiger partial charge in [-0.25, -0.2) is 8.42 Å². The van der Waals surface area contributed by atoms with Crippen molar-refractivity contribution in [2.24, 2.45) is 5.92 Å². The van der Waals surface area contributed by atoms with Gasteiger partial charge in [0, 0.05) is 14.3 Å². The van der Waals surface area contributed by atoms with Gasteiger partial charge in [0.1, 0.15) is 0 Å². The van der Waals surface area contributed by atoms with Gasteiger partial charge in [-0.05, 0) is 30.0 Å². The van der Waals surface area contributed by atoms with Crippen LogP contribution in [-0.2, 0) is 9.84 Å². The highest BCUT2D eigenvalue weighted by Gasteiger charge is 2.33. The zero-order valence-corrected chi connectivity index (χ0v) is 13.6. The van der Waals surface area contributed by atoms with Crippen molar-refractivity contribution in [2.75, 3.05) is 11.5 Å². The van der Waals surface area contributed by atoms with E-state index in [1.807, 2.05) is 18.2 Å². The van der Waals surface area contributed by atoms with Gasteiger partial charge in [0.15, 0.2) is 9.84 Å². The lowest BCUT2D eigenvalue weighted by Gasteiger charge is -2.18. The maximum Gasteiger partial charge on any atom is 0.150 e. The van der Waals surface area contributed by atoms with E-state index in [2.05, 4.69) is 31.9 Å². The van der Waals surface area contributed by atoms with Crippen molar-refractivity contribution < 1.29 is 8.42 Å². The number of halogens is 3. The molecule has 1 aliphatic rings. The van der Waals surface area contributed by atoms with E-state index < -0.39 is 9.84 Å². The quantitative estimate of drug-likeness (QED) is 0.702. The van der Waals surface area contributed by atoms with Crippen LogP contribution < -0.4 is 0 Å². The minimum absolute atomic E-state index is 0.0476. The van der Waals surface area contributed by atoms with Crippen LogP contribution in [0.2, 0.25) is 5.02 Å². The van der Waals surface area contributed by atoms with Gasteiger partial charge in [-0.2, -0.15) is 0 Å². The summed E-state index contributed by atoms with van der Waals surface area (Å²) in [5, 5.41) is 0.666. The zero-order chi connectivity index (χ0) is 12.6. The summed E-state index contributed by atoms with van der Waals surface area (Å²) in [6.07, 6.45) is 0.716. The lowest BCUT2D eigenvalue weighted by atomic mass is 9.99. The third-order valence-electron chi connectivity index (χ3n) is 2.94. The Hall–Kier alpha value is 0.420. The van der Waals surface area contributed by atoms with Gasteiger partial charge >= 0.3 is 0 Å². The molecule has 2 rings (SSSR count). The minimum Gasteiger partial charge on any atom is -0.229 e. The summed E-state index contributed by atoms with van der Waals surface area (Å²) in [6, 6.07) is 5.57. The predicted octanol–water partition coefficient (Wildman–Crippen LogP) is 3.97. The molecule has 0 saturated carbocycles. The van der Waals surface area contributed by atoms with Crippen molar-refractivity contribution in [3.63, 3.8) is 0 Å². The Morgan fingerprint density at radius 1 is 1.41 bits per heavy atom. The van der Waals surface area contributed by atoms with Crippen molar-refractivity contribution in [1.82, 2.24) is 0 Å². The second kappa shape index (κ2) is 5.19. The highest BCUT2D eigenvalue weighted by Crippen LogP contribution is 2.41. The van der Waals surface area contributed by atoms with E-state index in [1.54, 1.807) is 0 Å². The standard InChI is InChI=1S/C11H11Br2ClO2S/c12-10-5-8(14)1-2-9(10)11(13)7-3-4-17(15,16)6-7/h1-2,5,7,11H,3-4,6H2. The Bertz CT molecular complexity index is 530. The molecule has 1 aromatic carbocycles. The van der Waals surface area contributed by atoms with Crippen molar-refractivity contribution in [3.05, 3.63) is 33.3 Å². The van der Waals surface area contributed by atoms with Crippen LogP contribution in [0.3, 0.4) is 0 Å². The Balaban J connectivity index is 2.23. The number of sulfone groups is 1. The molecule has 1 fully saturated rings. The normalized spacial score (nSPS) is 24.8. The summed E-state index contributed by atoms with van der Waals surface area (Å²) in [7, 11) is -2.84. The fourth-order valence-electron chi connectivity index (χ4n) is 2.03. The highest BCUT2D eigenvalue weighted by atomic mass is 79.9. The lowest BCUT2D eigenvalue weighted by Crippen LogP contribution is -2.10. The molecule has 0 bridgehead atoms. The van der Waals surface area contributed by atoms with Crippen LogP contribution in [0.4, 0.5) is 0 Å². The molecule has 1 heterocycles. The van der Waals surface area contributed by atoms with E-state index in [1.165, 1.54) is 0 Å². The predicted molar refractivity (Wildman–Crippen MR) is 77.6 cm³/mol. The maximum absolute atomic E-state index is 11.5. The van der Waals surface area contributed by atoms with Crippen LogP contribution in [0.15, 0.2) is 22.7 Å². The molecule has 94 valence electrons. The van der Waals surface area contributed by atoms with E-state index in [0.29, 0.717) is 17.2 Å². The van der Waals surface area contributed by atoms with E-state index in [4.69, 9.17) is 11.6 Å². The van der Waals surface area contributed by atoms with E-state index in [-0.39, 0.29) is 16.5 Å². The molecule has 0 radical (unpaired) electrons. The summed E-state index contributed by atoms with van der Waals surface area (Å²) in [4.78, 5) is 0.0476. The minimum atomic E-state index is -2.84. The first-order valence-corrected chi connectivity index (χ1v) is 9.09. The van der Waals surface area contributed by atoms with E-state index in [0.717, 1.165) is 10.0 Å². The molecule has 0 amide bonds. The largest absolute Gasteiger partial charge is 0.229 e. The molecular formula is C11H11Br2ClO2S. The fraction of sp³-hybridized carbons (Fsp3) is 0.455. The van der Waals surface area contributed by atoms with Crippen LogP contribution in [0.5, 0.6) is 0 Å². The monoisotopic (exact) mass is 400 g/mol. The van der Waals surface area contributed by atoms with Gasteiger partial charge in [0.25, 0.3) is 0 Å². The van der Waals surface area contributed by atoms with Gasteiger partial charge < -0.3 is 0 Å². The summed E-state index contributed by atoms with van der Waals surface area (Å²) in [6.45, 7) is 0. The number of benzene rings is 1. The molecule has 0 N–H and O–H groups in total. The average Bonchev–Trinajstić information content (AvgIpc) is 2.58. The first kappa shape index (κ1) is 13.8. The molecule has 2 nitrogen and oxygen atoms in total. The SMILES string of the molecule is O=S1(=O)CCC(C(Br)c2ccc(Cl)cc2Br)C1. The van der Waals surface area contributed by atoms with Gasteiger partial charge in [-0.15, -0.1) is 0 Å². The summed E-state index contributed by atoms with van der Waals surface area (Å²) >= 11 is 12.9. The molecule has 0 spiro atoms. The number of rotatable bonds is 2. The maximum atomic E-state index is 11.5. The van der Waals surface area contributed by atoms with Crippen molar-refractivity contribution in [2.45, 2.75) is 11.2 Å². The van der Waals surface area contributed by atoms with Gasteiger partial charge in [-0.1, -0.05) is 49.5 Å². The van der Waals surface area contributed by atoms with Crippen LogP contribution in [0.1, 0.15) is 16.8 Å². The lowest BCUT2D eigenvalue weighted by molar-refractivity contribution is 0.579. The fourth-order valence-corrected chi connectivity index (χ4v) is 6.21. The third-order valence-corrected chi connectivity index (χ3v) is 6.90. The van der Waals surface area contributed by atoms with Crippen LogP contribution in [0.25, 0.3) is 0 Å². The van der Waals surface area contributed by atoms with Crippen LogP contribution in [-0.4, -0.2) is 19.9 Å². The first-order chi connectivity index (χ1) is 7.89. The molecule has 1 saturated heterocycles. The van der Waals surface area contributed by atoms with Crippen molar-refractivity contribution in [1.29, 1.82) is 0 Å². The molecule has 17 heavy (non-hydrogen) atoms. The Morgan fingerprint density at radius 3 is 2.65 bits per heavy atom. The molecule has 0 aliphatic carbocycles. The Kier molecular flexibility index (Phi) is 4.23. The summed E-state index contributed by atoms with van der Waals surface area (Å²) in [5.41, 5.74) is 1.05. The molecular weight excluding hydrogens is 391 g/mol. The van der Waals surface area contributed by atoms with Crippen LogP contribution >= 0.6 is 43.5 Å². The topological polar surface area (TPSA) is 34.1 Å². The first-order valence-electron chi connectivity index (χ1n) is 5.18. The number of hydrogen-bond donors (Lipinski definition) is 0. The van der Waals surface area contributed by atoms with Crippen LogP contribution in [0, 0.1) is 5.92 Å². The van der Waals surface area contributed by atoms with Crippen molar-refractivity contribution in [3.8, 4) is 0 Å². The Morgan fingerprint density at radius 2 is 2.12 bits per heavy atom. The summed E-state index contributed by atoms with van der Waals surface area (Å²) < 4.78 is 23.8. The second-order valence-corrected chi connectivity index (χ2v) is 8.74. The third kappa shape index (κ3) is 3.25. The van der Waals surface area contributed by atoms with E-state index >= 15 is 0 Å². The molecule has 6 heteroatoms. The number of alkyl halides is 1. The van der Waals surface area contributed by atoms with E-state index in [9.17, 15) is 8.42 Å². The molecule has 1 aromatic rings. The van der Waals surface area contributed by atoms with Gasteiger partial charge in [0.2, 0.25) is 0 Å². The smallest absolute Gasteiger partial charge is 0.150 e. The zero-order valence-electron chi connectivity index (χ0n) is 8.87. The van der Waals surface area contributed by atoms with Gasteiger partial charge in [0.05, 0.1) is 11.5 Å².